The topological polar surface area (TPSA) is 79.2 Å². The highest BCUT2D eigenvalue weighted by Gasteiger charge is 2.42. The van der Waals surface area contributed by atoms with Crippen LogP contribution < -0.4 is 10.6 Å². The van der Waals surface area contributed by atoms with Gasteiger partial charge >= 0.3 is 6.03 Å². The van der Waals surface area contributed by atoms with E-state index in [1.54, 1.807) is 10.7 Å². The minimum absolute atomic E-state index is 0.0493. The molecule has 1 aromatic heterocycles. The Labute approximate surface area is 106 Å². The Morgan fingerprint density at radius 2 is 2.33 bits per heavy atom. The van der Waals surface area contributed by atoms with Crippen molar-refractivity contribution in [3.05, 3.63) is 11.8 Å². The first-order chi connectivity index (χ1) is 8.44. The largest absolute Gasteiger partial charge is 0.394 e. The molecule has 1 unspecified atom stereocenters. The predicted octanol–water partition coefficient (Wildman–Crippen LogP) is 1.01. The number of carbonyl (C=O) groups excluding carboxylic acids is 1. The molecule has 0 spiro atoms. The fourth-order valence-corrected chi connectivity index (χ4v) is 2.02. The molecule has 1 atom stereocenters. The van der Waals surface area contributed by atoms with E-state index in [0.717, 1.165) is 18.5 Å². The first kappa shape index (κ1) is 12.9. The van der Waals surface area contributed by atoms with Crippen LogP contribution in [-0.4, -0.2) is 33.1 Å². The van der Waals surface area contributed by atoms with Crippen LogP contribution in [0.4, 0.5) is 10.6 Å². The lowest BCUT2D eigenvalue weighted by Crippen LogP contribution is -2.52. The lowest BCUT2D eigenvalue weighted by Gasteiger charge is -2.28. The van der Waals surface area contributed by atoms with Crippen LogP contribution in [0.3, 0.4) is 0 Å². The van der Waals surface area contributed by atoms with E-state index in [0.29, 0.717) is 11.7 Å². The Bertz CT molecular complexity index is 433. The number of aliphatic hydroxyl groups excluding tert-OH is 1. The Balaban J connectivity index is 1.95. The van der Waals surface area contributed by atoms with Crippen molar-refractivity contribution in [2.45, 2.75) is 32.2 Å². The SMILES string of the molecule is Cc1cc(NC(=O)NC(C)(CO)C2CC2)nn1C. The molecule has 100 valence electrons. The maximum atomic E-state index is 11.9. The molecule has 6 nitrogen and oxygen atoms in total. The number of hydrogen-bond donors (Lipinski definition) is 3. The minimum atomic E-state index is -0.534. The van der Waals surface area contributed by atoms with Crippen molar-refractivity contribution in [3.63, 3.8) is 0 Å². The van der Waals surface area contributed by atoms with E-state index in [4.69, 9.17) is 0 Å². The van der Waals surface area contributed by atoms with E-state index in [9.17, 15) is 9.90 Å². The molecule has 1 aliphatic carbocycles. The summed E-state index contributed by atoms with van der Waals surface area (Å²) in [5.41, 5.74) is 0.436. The molecule has 2 amide bonds. The van der Waals surface area contributed by atoms with Gasteiger partial charge in [-0.15, -0.1) is 0 Å². The van der Waals surface area contributed by atoms with Gasteiger partial charge in [0.15, 0.2) is 5.82 Å². The summed E-state index contributed by atoms with van der Waals surface area (Å²) in [4.78, 5) is 11.9. The van der Waals surface area contributed by atoms with Gasteiger partial charge in [0, 0.05) is 18.8 Å². The molecule has 0 radical (unpaired) electrons. The molecule has 3 N–H and O–H groups in total. The fourth-order valence-electron chi connectivity index (χ4n) is 2.02. The second-order valence-electron chi connectivity index (χ2n) is 5.22. The van der Waals surface area contributed by atoms with Crippen molar-refractivity contribution in [3.8, 4) is 0 Å². The number of amides is 2. The van der Waals surface area contributed by atoms with Crippen molar-refractivity contribution in [1.82, 2.24) is 15.1 Å². The van der Waals surface area contributed by atoms with Crippen LogP contribution in [-0.2, 0) is 7.05 Å². The molecule has 0 bridgehead atoms. The Hall–Kier alpha value is -1.56. The fraction of sp³-hybridized carbons (Fsp3) is 0.667. The van der Waals surface area contributed by atoms with Gasteiger partial charge in [0.25, 0.3) is 0 Å². The summed E-state index contributed by atoms with van der Waals surface area (Å²) in [6, 6.07) is 1.48. The summed E-state index contributed by atoms with van der Waals surface area (Å²) in [7, 11) is 1.82. The van der Waals surface area contributed by atoms with Crippen molar-refractivity contribution >= 4 is 11.8 Å². The molecule has 1 saturated carbocycles. The van der Waals surface area contributed by atoms with Gasteiger partial charge in [-0.05, 0) is 32.6 Å². The first-order valence-corrected chi connectivity index (χ1v) is 6.15. The van der Waals surface area contributed by atoms with E-state index < -0.39 is 5.54 Å². The molecule has 1 aromatic rings. The summed E-state index contributed by atoms with van der Waals surface area (Å²) in [5.74, 6) is 0.891. The predicted molar refractivity (Wildman–Crippen MR) is 68.3 cm³/mol. The van der Waals surface area contributed by atoms with E-state index in [-0.39, 0.29) is 12.6 Å². The monoisotopic (exact) mass is 252 g/mol. The Kier molecular flexibility index (Phi) is 3.30. The molecule has 1 fully saturated rings. The van der Waals surface area contributed by atoms with Crippen LogP contribution in [0.2, 0.25) is 0 Å². The maximum absolute atomic E-state index is 11.9. The van der Waals surface area contributed by atoms with Crippen molar-refractivity contribution in [2.24, 2.45) is 13.0 Å². The molecule has 2 rings (SSSR count). The summed E-state index contributed by atoms with van der Waals surface area (Å²) in [6.07, 6.45) is 2.11. The molecular weight excluding hydrogens is 232 g/mol. The first-order valence-electron chi connectivity index (χ1n) is 6.15. The van der Waals surface area contributed by atoms with E-state index in [2.05, 4.69) is 15.7 Å². The molecule has 0 saturated heterocycles. The summed E-state index contributed by atoms with van der Waals surface area (Å²) >= 11 is 0. The molecule has 1 aliphatic rings. The van der Waals surface area contributed by atoms with E-state index in [1.807, 2.05) is 20.9 Å². The third-order valence-corrected chi connectivity index (χ3v) is 3.56. The minimum Gasteiger partial charge on any atom is -0.394 e. The number of aromatic nitrogens is 2. The maximum Gasteiger partial charge on any atom is 0.320 e. The third kappa shape index (κ3) is 2.64. The van der Waals surface area contributed by atoms with Crippen LogP contribution in [0.25, 0.3) is 0 Å². The molecule has 1 heterocycles. The second-order valence-corrected chi connectivity index (χ2v) is 5.22. The summed E-state index contributed by atoms with van der Waals surface area (Å²) in [6.45, 7) is 3.73. The highest BCUT2D eigenvalue weighted by atomic mass is 16.3. The molecular formula is C12H20N4O2. The van der Waals surface area contributed by atoms with E-state index in [1.165, 1.54) is 0 Å². The van der Waals surface area contributed by atoms with Gasteiger partial charge in [0.05, 0.1) is 12.1 Å². The number of rotatable bonds is 4. The Morgan fingerprint density at radius 3 is 2.78 bits per heavy atom. The van der Waals surface area contributed by atoms with Crippen LogP contribution in [0.1, 0.15) is 25.5 Å². The average molecular weight is 252 g/mol. The van der Waals surface area contributed by atoms with Crippen LogP contribution >= 0.6 is 0 Å². The number of hydrogen-bond acceptors (Lipinski definition) is 3. The lowest BCUT2D eigenvalue weighted by atomic mass is 9.97. The highest BCUT2D eigenvalue weighted by molar-refractivity contribution is 5.88. The number of aryl methyl sites for hydroxylation is 2. The molecule has 0 aromatic carbocycles. The lowest BCUT2D eigenvalue weighted by molar-refractivity contribution is 0.159. The van der Waals surface area contributed by atoms with Gasteiger partial charge in [-0.25, -0.2) is 4.79 Å². The zero-order valence-electron chi connectivity index (χ0n) is 11.0. The number of anilines is 1. The summed E-state index contributed by atoms with van der Waals surface area (Å²) < 4.78 is 1.70. The van der Waals surface area contributed by atoms with Crippen LogP contribution in [0, 0.1) is 12.8 Å². The average Bonchev–Trinajstić information content (AvgIpc) is 3.08. The van der Waals surface area contributed by atoms with Crippen LogP contribution in [0.5, 0.6) is 0 Å². The van der Waals surface area contributed by atoms with Crippen LogP contribution in [0.15, 0.2) is 6.07 Å². The number of aliphatic hydroxyl groups is 1. The number of nitrogens with one attached hydrogen (secondary N) is 2. The molecule has 0 aliphatic heterocycles. The Morgan fingerprint density at radius 1 is 1.67 bits per heavy atom. The van der Waals surface area contributed by atoms with Crippen molar-refractivity contribution in [2.75, 3.05) is 11.9 Å². The second kappa shape index (κ2) is 4.61. The zero-order valence-corrected chi connectivity index (χ0v) is 11.0. The van der Waals surface area contributed by atoms with Gasteiger partial charge in [0.2, 0.25) is 0 Å². The van der Waals surface area contributed by atoms with Crippen molar-refractivity contribution < 1.29 is 9.90 Å². The molecule has 6 heteroatoms. The van der Waals surface area contributed by atoms with Gasteiger partial charge in [-0.2, -0.15) is 5.10 Å². The quantitative estimate of drug-likeness (QED) is 0.748. The summed E-state index contributed by atoms with van der Waals surface area (Å²) in [5, 5.41) is 19.1. The normalized spacial score (nSPS) is 18.2. The van der Waals surface area contributed by atoms with E-state index >= 15 is 0 Å². The number of nitrogens with zero attached hydrogens (tertiary/aromatic N) is 2. The zero-order chi connectivity index (χ0) is 13.3. The molecule has 18 heavy (non-hydrogen) atoms. The highest BCUT2D eigenvalue weighted by Crippen LogP contribution is 2.39. The van der Waals surface area contributed by atoms with Gasteiger partial charge in [0.1, 0.15) is 0 Å². The number of carbonyl (C=O) groups is 1. The standard InChI is InChI=1S/C12H20N4O2/c1-8-6-10(15-16(8)3)13-11(18)14-12(2,7-17)9-4-5-9/h6,9,17H,4-5,7H2,1-3H3,(H2,13,14,15,18). The van der Waals surface area contributed by atoms with Gasteiger partial charge in [-0.1, -0.05) is 0 Å². The number of urea groups is 1. The third-order valence-electron chi connectivity index (χ3n) is 3.56. The smallest absolute Gasteiger partial charge is 0.320 e. The van der Waals surface area contributed by atoms with Gasteiger partial charge in [-0.3, -0.25) is 10.00 Å². The van der Waals surface area contributed by atoms with Crippen molar-refractivity contribution in [1.29, 1.82) is 0 Å². The van der Waals surface area contributed by atoms with Gasteiger partial charge < -0.3 is 10.4 Å².